The third-order valence-electron chi connectivity index (χ3n) is 5.00. The van der Waals surface area contributed by atoms with E-state index < -0.39 is 5.41 Å². The van der Waals surface area contributed by atoms with Gasteiger partial charge in [-0.3, -0.25) is 4.79 Å². The number of amides is 1. The third-order valence-corrected chi connectivity index (χ3v) is 5.00. The molecule has 0 radical (unpaired) electrons. The van der Waals surface area contributed by atoms with Crippen molar-refractivity contribution in [3.05, 3.63) is 53.1 Å². The number of anilines is 1. The Kier molecular flexibility index (Phi) is 3.48. The Balaban J connectivity index is 1.62. The van der Waals surface area contributed by atoms with Crippen LogP contribution in [-0.2, 0) is 10.2 Å². The van der Waals surface area contributed by atoms with Crippen molar-refractivity contribution in [2.75, 3.05) is 18.5 Å². The van der Waals surface area contributed by atoms with E-state index >= 15 is 0 Å². The predicted octanol–water partition coefficient (Wildman–Crippen LogP) is 3.74. The van der Waals surface area contributed by atoms with Gasteiger partial charge in [0.2, 0.25) is 5.91 Å². The zero-order chi connectivity index (χ0) is 16.7. The lowest BCUT2D eigenvalue weighted by Gasteiger charge is -2.22. The van der Waals surface area contributed by atoms with Crippen LogP contribution in [0.1, 0.15) is 29.5 Å². The second-order valence-corrected chi connectivity index (χ2v) is 6.66. The number of hydrogen-bond acceptors (Lipinski definition) is 3. The molecule has 1 aliphatic carbocycles. The number of benzene rings is 2. The summed E-state index contributed by atoms with van der Waals surface area (Å²) in [6, 6.07) is 11.9. The van der Waals surface area contributed by atoms with Crippen LogP contribution in [0, 0.1) is 13.8 Å². The van der Waals surface area contributed by atoms with E-state index in [4.69, 9.17) is 9.47 Å². The molecule has 1 fully saturated rings. The van der Waals surface area contributed by atoms with Gasteiger partial charge in [-0.25, -0.2) is 0 Å². The number of hydrogen-bond donors (Lipinski definition) is 1. The standard InChI is InChI=1S/C20H21NO3/c1-13-4-3-5-14(2)18(13)21-19(22)20(8-9-20)15-6-7-16-17(12-15)24-11-10-23-16/h3-7,12H,8-11H2,1-2H3,(H,21,22). The van der Waals surface area contributed by atoms with Gasteiger partial charge in [0.25, 0.3) is 0 Å². The maximum atomic E-state index is 13.0. The SMILES string of the molecule is Cc1cccc(C)c1NC(=O)C1(c2ccc3c(c2)OCCO3)CC1. The van der Waals surface area contributed by atoms with E-state index in [1.807, 2.05) is 50.2 Å². The molecule has 4 rings (SSSR count). The van der Waals surface area contributed by atoms with Gasteiger partial charge in [0.15, 0.2) is 11.5 Å². The highest BCUT2D eigenvalue weighted by molar-refractivity contribution is 6.02. The Hall–Kier alpha value is -2.49. The smallest absolute Gasteiger partial charge is 0.235 e. The van der Waals surface area contributed by atoms with Gasteiger partial charge in [0.1, 0.15) is 13.2 Å². The van der Waals surface area contributed by atoms with E-state index in [0.717, 1.165) is 46.7 Å². The highest BCUT2D eigenvalue weighted by Crippen LogP contribution is 2.51. The maximum Gasteiger partial charge on any atom is 0.235 e. The van der Waals surface area contributed by atoms with Crippen molar-refractivity contribution < 1.29 is 14.3 Å². The molecule has 124 valence electrons. The number of nitrogens with one attached hydrogen (secondary N) is 1. The molecule has 0 bridgehead atoms. The number of rotatable bonds is 3. The zero-order valence-corrected chi connectivity index (χ0v) is 14.0. The van der Waals surface area contributed by atoms with Crippen molar-refractivity contribution in [2.24, 2.45) is 0 Å². The quantitative estimate of drug-likeness (QED) is 0.936. The van der Waals surface area contributed by atoms with Gasteiger partial charge >= 0.3 is 0 Å². The van der Waals surface area contributed by atoms with Crippen molar-refractivity contribution in [3.63, 3.8) is 0 Å². The number of carbonyl (C=O) groups excluding carboxylic acids is 1. The largest absolute Gasteiger partial charge is 0.486 e. The van der Waals surface area contributed by atoms with Crippen LogP contribution < -0.4 is 14.8 Å². The summed E-state index contributed by atoms with van der Waals surface area (Å²) in [5, 5.41) is 3.15. The van der Waals surface area contributed by atoms with Crippen molar-refractivity contribution in [1.82, 2.24) is 0 Å². The Morgan fingerprint density at radius 3 is 2.33 bits per heavy atom. The lowest BCUT2D eigenvalue weighted by molar-refractivity contribution is -0.118. The topological polar surface area (TPSA) is 47.6 Å². The van der Waals surface area contributed by atoms with Crippen molar-refractivity contribution in [1.29, 1.82) is 0 Å². The normalized spacial score (nSPS) is 17.2. The van der Waals surface area contributed by atoms with Crippen molar-refractivity contribution in [2.45, 2.75) is 32.1 Å². The minimum Gasteiger partial charge on any atom is -0.486 e. The predicted molar refractivity (Wildman–Crippen MR) is 92.9 cm³/mol. The molecular formula is C20H21NO3. The average molecular weight is 323 g/mol. The summed E-state index contributed by atoms with van der Waals surface area (Å²) in [5.74, 6) is 1.57. The van der Waals surface area contributed by atoms with Gasteiger partial charge in [-0.1, -0.05) is 24.3 Å². The monoisotopic (exact) mass is 323 g/mol. The molecule has 1 N–H and O–H groups in total. The molecule has 0 aromatic heterocycles. The molecule has 1 aliphatic heterocycles. The molecule has 0 spiro atoms. The second-order valence-electron chi connectivity index (χ2n) is 6.66. The van der Waals surface area contributed by atoms with Crippen LogP contribution in [0.15, 0.2) is 36.4 Å². The number of ether oxygens (including phenoxy) is 2. The van der Waals surface area contributed by atoms with E-state index in [0.29, 0.717) is 13.2 Å². The fourth-order valence-corrected chi connectivity index (χ4v) is 3.36. The third kappa shape index (κ3) is 2.42. The van der Waals surface area contributed by atoms with Crippen molar-refractivity contribution in [3.8, 4) is 11.5 Å². The maximum absolute atomic E-state index is 13.0. The zero-order valence-electron chi connectivity index (χ0n) is 14.0. The fourth-order valence-electron chi connectivity index (χ4n) is 3.36. The molecule has 0 unspecified atom stereocenters. The van der Waals surface area contributed by atoms with Crippen LogP contribution in [-0.4, -0.2) is 19.1 Å². The minimum absolute atomic E-state index is 0.0663. The van der Waals surface area contributed by atoms with E-state index in [9.17, 15) is 4.79 Å². The molecule has 4 heteroatoms. The number of para-hydroxylation sites is 1. The molecule has 2 aromatic carbocycles. The molecule has 2 aromatic rings. The molecule has 2 aliphatic rings. The van der Waals surface area contributed by atoms with Crippen LogP contribution in [0.5, 0.6) is 11.5 Å². The van der Waals surface area contributed by atoms with Gasteiger partial charge in [-0.05, 0) is 55.5 Å². The first kappa shape index (κ1) is 15.1. The Bertz CT molecular complexity index is 788. The van der Waals surface area contributed by atoms with E-state index in [-0.39, 0.29) is 5.91 Å². The van der Waals surface area contributed by atoms with E-state index in [2.05, 4.69) is 5.32 Å². The summed E-state index contributed by atoms with van der Waals surface area (Å²) in [7, 11) is 0. The number of carbonyl (C=O) groups is 1. The highest BCUT2D eigenvalue weighted by Gasteiger charge is 2.51. The first-order valence-electron chi connectivity index (χ1n) is 8.38. The first-order chi connectivity index (χ1) is 11.6. The summed E-state index contributed by atoms with van der Waals surface area (Å²) >= 11 is 0. The summed E-state index contributed by atoms with van der Waals surface area (Å²) in [6.45, 7) is 5.17. The molecule has 0 saturated heterocycles. The summed E-state index contributed by atoms with van der Waals surface area (Å²) in [6.07, 6.45) is 1.73. The van der Waals surface area contributed by atoms with Gasteiger partial charge in [0.05, 0.1) is 5.41 Å². The lowest BCUT2D eigenvalue weighted by Crippen LogP contribution is -2.28. The van der Waals surface area contributed by atoms with Crippen molar-refractivity contribution >= 4 is 11.6 Å². The van der Waals surface area contributed by atoms with Gasteiger partial charge < -0.3 is 14.8 Å². The molecule has 1 heterocycles. The van der Waals surface area contributed by atoms with Crippen LogP contribution in [0.3, 0.4) is 0 Å². The molecule has 4 nitrogen and oxygen atoms in total. The molecule has 1 amide bonds. The van der Waals surface area contributed by atoms with Gasteiger partial charge in [-0.2, -0.15) is 0 Å². The Morgan fingerprint density at radius 2 is 1.67 bits per heavy atom. The Labute approximate surface area is 141 Å². The van der Waals surface area contributed by atoms with Crippen LogP contribution in [0.25, 0.3) is 0 Å². The molecule has 24 heavy (non-hydrogen) atoms. The highest BCUT2D eigenvalue weighted by atomic mass is 16.6. The number of aryl methyl sites for hydroxylation is 2. The number of fused-ring (bicyclic) bond motifs is 1. The van der Waals surface area contributed by atoms with Gasteiger partial charge in [0, 0.05) is 5.69 Å². The van der Waals surface area contributed by atoms with E-state index in [1.54, 1.807) is 0 Å². The first-order valence-corrected chi connectivity index (χ1v) is 8.38. The second kappa shape index (κ2) is 5.55. The summed E-state index contributed by atoms with van der Waals surface area (Å²) in [5.41, 5.74) is 3.66. The fraction of sp³-hybridized carbons (Fsp3) is 0.350. The van der Waals surface area contributed by atoms with Crippen LogP contribution in [0.4, 0.5) is 5.69 Å². The summed E-state index contributed by atoms with van der Waals surface area (Å²) < 4.78 is 11.2. The van der Waals surface area contributed by atoms with Gasteiger partial charge in [-0.15, -0.1) is 0 Å². The van der Waals surface area contributed by atoms with Crippen LogP contribution >= 0.6 is 0 Å². The molecular weight excluding hydrogens is 302 g/mol. The molecule has 1 saturated carbocycles. The Morgan fingerprint density at radius 1 is 1.00 bits per heavy atom. The average Bonchev–Trinajstić information content (AvgIpc) is 3.40. The summed E-state index contributed by atoms with van der Waals surface area (Å²) in [4.78, 5) is 13.0. The van der Waals surface area contributed by atoms with E-state index in [1.165, 1.54) is 0 Å². The molecule has 0 atom stereocenters. The van der Waals surface area contributed by atoms with Crippen LogP contribution in [0.2, 0.25) is 0 Å². The lowest BCUT2D eigenvalue weighted by atomic mass is 9.94. The minimum atomic E-state index is -0.440.